The fourth-order valence-electron chi connectivity index (χ4n) is 2.65. The first-order chi connectivity index (χ1) is 9.79. The summed E-state index contributed by atoms with van der Waals surface area (Å²) in [6, 6.07) is 4.41. The molecule has 116 valence electrons. The lowest BCUT2D eigenvalue weighted by molar-refractivity contribution is -0.137. The van der Waals surface area contributed by atoms with Crippen LogP contribution in [0.5, 0.6) is 0 Å². The SMILES string of the molecule is CC1CCNC(C)C1NC(=O)c1ccc(C(F)(F)F)cc1. The highest BCUT2D eigenvalue weighted by Gasteiger charge is 2.31. The number of rotatable bonds is 2. The van der Waals surface area contributed by atoms with Crippen molar-refractivity contribution >= 4 is 5.91 Å². The molecule has 0 saturated carbocycles. The van der Waals surface area contributed by atoms with Gasteiger partial charge in [0.15, 0.2) is 0 Å². The minimum atomic E-state index is -4.38. The summed E-state index contributed by atoms with van der Waals surface area (Å²) in [6.07, 6.45) is -3.42. The number of hydrogen-bond acceptors (Lipinski definition) is 2. The summed E-state index contributed by atoms with van der Waals surface area (Å²) in [5.41, 5.74) is -0.506. The Bertz CT molecular complexity index is 489. The second kappa shape index (κ2) is 6.05. The van der Waals surface area contributed by atoms with Gasteiger partial charge in [-0.25, -0.2) is 0 Å². The van der Waals surface area contributed by atoms with Crippen LogP contribution in [-0.2, 0) is 6.18 Å². The van der Waals surface area contributed by atoms with E-state index in [2.05, 4.69) is 17.6 Å². The van der Waals surface area contributed by atoms with Crippen LogP contribution in [0, 0.1) is 5.92 Å². The molecule has 3 atom stereocenters. The van der Waals surface area contributed by atoms with E-state index in [1.807, 2.05) is 6.92 Å². The molecule has 3 unspecified atom stereocenters. The minimum Gasteiger partial charge on any atom is -0.347 e. The van der Waals surface area contributed by atoms with Crippen molar-refractivity contribution in [3.63, 3.8) is 0 Å². The van der Waals surface area contributed by atoms with Crippen LogP contribution in [-0.4, -0.2) is 24.5 Å². The van der Waals surface area contributed by atoms with Crippen molar-refractivity contribution in [2.75, 3.05) is 6.54 Å². The maximum atomic E-state index is 12.5. The van der Waals surface area contributed by atoms with Crippen LogP contribution in [0.2, 0.25) is 0 Å². The molecule has 0 radical (unpaired) electrons. The fraction of sp³-hybridized carbons (Fsp3) is 0.533. The number of benzene rings is 1. The average Bonchev–Trinajstić information content (AvgIpc) is 2.42. The van der Waals surface area contributed by atoms with Gasteiger partial charge in [0.1, 0.15) is 0 Å². The third-order valence-electron chi connectivity index (χ3n) is 3.99. The Labute approximate surface area is 121 Å². The van der Waals surface area contributed by atoms with Crippen LogP contribution >= 0.6 is 0 Å². The number of amides is 1. The molecule has 2 rings (SSSR count). The molecule has 0 aromatic heterocycles. The van der Waals surface area contributed by atoms with E-state index in [1.54, 1.807) is 0 Å². The van der Waals surface area contributed by atoms with Gasteiger partial charge in [-0.1, -0.05) is 6.92 Å². The first-order valence-corrected chi connectivity index (χ1v) is 7.00. The van der Waals surface area contributed by atoms with E-state index < -0.39 is 11.7 Å². The zero-order valence-electron chi connectivity index (χ0n) is 12.0. The Hall–Kier alpha value is -1.56. The van der Waals surface area contributed by atoms with Gasteiger partial charge in [-0.2, -0.15) is 13.2 Å². The number of nitrogens with one attached hydrogen (secondary N) is 2. The monoisotopic (exact) mass is 300 g/mol. The molecule has 1 aliphatic rings. The Morgan fingerprint density at radius 2 is 1.86 bits per heavy atom. The number of alkyl halides is 3. The molecule has 3 nitrogen and oxygen atoms in total. The number of carbonyl (C=O) groups excluding carboxylic acids is 1. The summed E-state index contributed by atoms with van der Waals surface area (Å²) in [4.78, 5) is 12.1. The van der Waals surface area contributed by atoms with Crippen LogP contribution in [0.1, 0.15) is 36.2 Å². The molecule has 1 aliphatic heterocycles. The summed E-state index contributed by atoms with van der Waals surface area (Å²) < 4.78 is 37.5. The van der Waals surface area contributed by atoms with Gasteiger partial charge in [-0.3, -0.25) is 4.79 Å². The lowest BCUT2D eigenvalue weighted by atomic mass is 9.89. The maximum absolute atomic E-state index is 12.5. The Balaban J connectivity index is 2.06. The van der Waals surface area contributed by atoms with Crippen molar-refractivity contribution in [2.24, 2.45) is 5.92 Å². The number of hydrogen-bond donors (Lipinski definition) is 2. The van der Waals surface area contributed by atoms with Gasteiger partial charge in [0.05, 0.1) is 5.56 Å². The van der Waals surface area contributed by atoms with E-state index in [0.29, 0.717) is 5.92 Å². The fourth-order valence-corrected chi connectivity index (χ4v) is 2.65. The van der Waals surface area contributed by atoms with E-state index in [0.717, 1.165) is 25.1 Å². The molecule has 0 spiro atoms. The van der Waals surface area contributed by atoms with Crippen LogP contribution in [0.15, 0.2) is 24.3 Å². The second-order valence-corrected chi connectivity index (χ2v) is 5.58. The van der Waals surface area contributed by atoms with Crippen molar-refractivity contribution in [1.29, 1.82) is 0 Å². The van der Waals surface area contributed by atoms with E-state index in [9.17, 15) is 18.0 Å². The van der Waals surface area contributed by atoms with E-state index in [4.69, 9.17) is 0 Å². The molecule has 1 saturated heterocycles. The second-order valence-electron chi connectivity index (χ2n) is 5.58. The van der Waals surface area contributed by atoms with Gasteiger partial charge in [0.25, 0.3) is 5.91 Å². The molecular weight excluding hydrogens is 281 g/mol. The van der Waals surface area contributed by atoms with Crippen LogP contribution in [0.25, 0.3) is 0 Å². The summed E-state index contributed by atoms with van der Waals surface area (Å²) in [5.74, 6) is -0.00391. The van der Waals surface area contributed by atoms with Crippen LogP contribution in [0.4, 0.5) is 13.2 Å². The Kier molecular flexibility index (Phi) is 4.56. The molecule has 0 bridgehead atoms. The van der Waals surface area contributed by atoms with Crippen molar-refractivity contribution in [1.82, 2.24) is 10.6 Å². The van der Waals surface area contributed by atoms with Crippen molar-refractivity contribution in [3.8, 4) is 0 Å². The van der Waals surface area contributed by atoms with Crippen molar-refractivity contribution in [3.05, 3.63) is 35.4 Å². The quantitative estimate of drug-likeness (QED) is 0.882. The molecule has 1 heterocycles. The topological polar surface area (TPSA) is 41.1 Å². The van der Waals surface area contributed by atoms with E-state index in [1.165, 1.54) is 12.1 Å². The number of carbonyl (C=O) groups is 1. The number of halogens is 3. The zero-order chi connectivity index (χ0) is 15.6. The zero-order valence-corrected chi connectivity index (χ0v) is 12.0. The molecule has 1 amide bonds. The highest BCUT2D eigenvalue weighted by atomic mass is 19.4. The third kappa shape index (κ3) is 3.75. The summed E-state index contributed by atoms with van der Waals surface area (Å²) in [6.45, 7) is 4.97. The molecule has 1 fully saturated rings. The molecule has 1 aromatic rings. The van der Waals surface area contributed by atoms with Crippen LogP contribution < -0.4 is 10.6 Å². The summed E-state index contributed by atoms with van der Waals surface area (Å²) in [7, 11) is 0. The smallest absolute Gasteiger partial charge is 0.347 e. The first kappa shape index (κ1) is 15.8. The van der Waals surface area contributed by atoms with Crippen LogP contribution in [0.3, 0.4) is 0 Å². The Morgan fingerprint density at radius 3 is 2.38 bits per heavy atom. The predicted octanol–water partition coefficient (Wildman–Crippen LogP) is 2.82. The van der Waals surface area contributed by atoms with Gasteiger partial charge in [-0.05, 0) is 50.1 Å². The van der Waals surface area contributed by atoms with Gasteiger partial charge in [-0.15, -0.1) is 0 Å². The highest BCUT2D eigenvalue weighted by molar-refractivity contribution is 5.94. The molecule has 1 aromatic carbocycles. The van der Waals surface area contributed by atoms with Gasteiger partial charge in [0.2, 0.25) is 0 Å². The Morgan fingerprint density at radius 1 is 1.24 bits per heavy atom. The standard InChI is InChI=1S/C15H19F3N2O/c1-9-7-8-19-10(2)13(9)20-14(21)11-3-5-12(6-4-11)15(16,17)18/h3-6,9-10,13,19H,7-8H2,1-2H3,(H,20,21). The molecule has 6 heteroatoms. The summed E-state index contributed by atoms with van der Waals surface area (Å²) >= 11 is 0. The number of piperidine rings is 1. The third-order valence-corrected chi connectivity index (χ3v) is 3.99. The van der Waals surface area contributed by atoms with E-state index in [-0.39, 0.29) is 23.6 Å². The lowest BCUT2D eigenvalue weighted by Gasteiger charge is -2.36. The van der Waals surface area contributed by atoms with Crippen molar-refractivity contribution in [2.45, 2.75) is 38.5 Å². The molecule has 0 aliphatic carbocycles. The maximum Gasteiger partial charge on any atom is 0.416 e. The van der Waals surface area contributed by atoms with Gasteiger partial charge >= 0.3 is 6.18 Å². The molecule has 2 N–H and O–H groups in total. The average molecular weight is 300 g/mol. The predicted molar refractivity (Wildman–Crippen MR) is 73.9 cm³/mol. The first-order valence-electron chi connectivity index (χ1n) is 7.00. The lowest BCUT2D eigenvalue weighted by Crippen LogP contribution is -2.55. The van der Waals surface area contributed by atoms with Gasteiger partial charge < -0.3 is 10.6 Å². The minimum absolute atomic E-state index is 0.0199. The van der Waals surface area contributed by atoms with Gasteiger partial charge in [0, 0.05) is 17.6 Å². The summed E-state index contributed by atoms with van der Waals surface area (Å²) in [5, 5.41) is 6.20. The molecule has 21 heavy (non-hydrogen) atoms. The largest absolute Gasteiger partial charge is 0.416 e. The highest BCUT2D eigenvalue weighted by Crippen LogP contribution is 2.29. The molecular formula is C15H19F3N2O. The van der Waals surface area contributed by atoms with E-state index >= 15 is 0 Å². The van der Waals surface area contributed by atoms with Crippen molar-refractivity contribution < 1.29 is 18.0 Å². The normalized spacial score (nSPS) is 26.4.